The van der Waals surface area contributed by atoms with Crippen LogP contribution in [0.2, 0.25) is 0 Å². The number of methoxy groups -OCH3 is 1. The van der Waals surface area contributed by atoms with Crippen molar-refractivity contribution in [1.29, 1.82) is 0 Å². The van der Waals surface area contributed by atoms with Gasteiger partial charge in [0.05, 0.1) is 12.7 Å². The molecule has 5 nitrogen and oxygen atoms in total. The van der Waals surface area contributed by atoms with Crippen molar-refractivity contribution in [1.82, 2.24) is 0 Å². The summed E-state index contributed by atoms with van der Waals surface area (Å²) in [6.45, 7) is 0. The molecule has 158 valence electrons. The first-order chi connectivity index (χ1) is 15.5. The van der Waals surface area contributed by atoms with E-state index in [2.05, 4.69) is 6.07 Å². The second-order valence-corrected chi connectivity index (χ2v) is 7.88. The number of carbonyl (C=O) groups excluding carboxylic acids is 1. The minimum absolute atomic E-state index is 0.138. The Morgan fingerprint density at radius 1 is 0.906 bits per heavy atom. The van der Waals surface area contributed by atoms with Gasteiger partial charge in [-0.3, -0.25) is 4.79 Å². The number of benzene rings is 4. The van der Waals surface area contributed by atoms with E-state index >= 15 is 0 Å². The molecule has 1 aliphatic carbocycles. The Labute approximate surface area is 184 Å². The number of nitrogens with zero attached hydrogens (tertiary/aromatic N) is 1. The number of ether oxygens (including phenoxy) is 1. The molecule has 2 aliphatic rings. The summed E-state index contributed by atoms with van der Waals surface area (Å²) in [5, 5.41) is 2.83. The standard InChI is InChI=1S/C27H21NO4/c1-28(2)22-10-6-7-16-11-13-21-25(18-8-4-5-9-19(18)27(30)31-3)20-14-12-17(29)15-23(20)32-26(21)24(16)22/h4-15H,1-3H3. The molecule has 0 radical (unpaired) electrons. The molecule has 3 aromatic carbocycles. The molecule has 0 spiro atoms. The second kappa shape index (κ2) is 7.54. The van der Waals surface area contributed by atoms with Gasteiger partial charge < -0.3 is 14.1 Å². The zero-order valence-corrected chi connectivity index (χ0v) is 18.0. The molecule has 0 amide bonds. The van der Waals surface area contributed by atoms with Gasteiger partial charge >= 0.3 is 5.97 Å². The lowest BCUT2D eigenvalue weighted by Crippen LogP contribution is -2.09. The highest BCUT2D eigenvalue weighted by Crippen LogP contribution is 2.44. The Hall–Kier alpha value is -4.12. The third kappa shape index (κ3) is 3.02. The lowest BCUT2D eigenvalue weighted by Gasteiger charge is -2.20. The van der Waals surface area contributed by atoms with Crippen molar-refractivity contribution >= 4 is 33.4 Å². The zero-order valence-electron chi connectivity index (χ0n) is 18.0. The van der Waals surface area contributed by atoms with Crippen molar-refractivity contribution in [2.45, 2.75) is 0 Å². The average molecular weight is 423 g/mol. The van der Waals surface area contributed by atoms with Crippen LogP contribution in [0.1, 0.15) is 10.4 Å². The summed E-state index contributed by atoms with van der Waals surface area (Å²) >= 11 is 0. The van der Waals surface area contributed by atoms with Gasteiger partial charge in [-0.25, -0.2) is 4.79 Å². The summed E-state index contributed by atoms with van der Waals surface area (Å²) in [6.07, 6.45) is 0. The van der Waals surface area contributed by atoms with E-state index in [0.717, 1.165) is 38.5 Å². The van der Waals surface area contributed by atoms with Crippen molar-refractivity contribution < 1.29 is 13.9 Å². The van der Waals surface area contributed by atoms with E-state index in [-0.39, 0.29) is 5.43 Å². The van der Waals surface area contributed by atoms with Crippen LogP contribution < -0.4 is 10.3 Å². The maximum absolute atomic E-state index is 12.6. The molecule has 32 heavy (non-hydrogen) atoms. The normalized spacial score (nSPS) is 11.2. The van der Waals surface area contributed by atoms with Crippen molar-refractivity contribution in [2.24, 2.45) is 0 Å². The van der Waals surface area contributed by atoms with Gasteiger partial charge in [0.2, 0.25) is 0 Å². The maximum atomic E-state index is 12.6. The molecule has 0 bridgehead atoms. The van der Waals surface area contributed by atoms with Gasteiger partial charge in [-0.15, -0.1) is 0 Å². The van der Waals surface area contributed by atoms with Crippen molar-refractivity contribution in [2.75, 3.05) is 26.1 Å². The van der Waals surface area contributed by atoms with Crippen molar-refractivity contribution in [3.63, 3.8) is 0 Å². The molecule has 0 saturated carbocycles. The molecule has 5 rings (SSSR count). The third-order valence-corrected chi connectivity index (χ3v) is 5.76. The lowest BCUT2D eigenvalue weighted by atomic mass is 9.89. The van der Waals surface area contributed by atoms with E-state index in [9.17, 15) is 9.59 Å². The lowest BCUT2D eigenvalue weighted by molar-refractivity contribution is 0.0601. The molecule has 0 atom stereocenters. The number of hydrogen-bond donors (Lipinski definition) is 0. The first-order valence-corrected chi connectivity index (χ1v) is 10.3. The molecule has 0 unspecified atom stereocenters. The predicted octanol–water partition coefficient (Wildman–Crippen LogP) is 5.57. The van der Waals surface area contributed by atoms with E-state index in [1.54, 1.807) is 12.1 Å². The SMILES string of the molecule is COC(=O)c1ccccc1-c1c2ccc(=O)cc-2oc2c1ccc1cccc(N(C)C)c12. The van der Waals surface area contributed by atoms with Gasteiger partial charge in [0.1, 0.15) is 11.3 Å². The first-order valence-electron chi connectivity index (χ1n) is 10.3. The smallest absolute Gasteiger partial charge is 0.338 e. The summed E-state index contributed by atoms with van der Waals surface area (Å²) in [7, 11) is 5.34. The molecule has 0 saturated heterocycles. The minimum Gasteiger partial charge on any atom is -0.465 e. The van der Waals surface area contributed by atoms with Crippen LogP contribution in [-0.2, 0) is 4.74 Å². The fourth-order valence-corrected chi connectivity index (χ4v) is 4.33. The maximum Gasteiger partial charge on any atom is 0.338 e. The van der Waals surface area contributed by atoms with Crippen LogP contribution in [0.4, 0.5) is 5.69 Å². The van der Waals surface area contributed by atoms with Gasteiger partial charge in [-0.1, -0.05) is 36.4 Å². The zero-order chi connectivity index (χ0) is 22.4. The van der Waals surface area contributed by atoms with Crippen LogP contribution in [0.25, 0.3) is 44.2 Å². The van der Waals surface area contributed by atoms with Gasteiger partial charge in [0.15, 0.2) is 5.43 Å². The topological polar surface area (TPSA) is 59.8 Å². The molecular weight excluding hydrogens is 402 g/mol. The number of rotatable bonds is 3. The van der Waals surface area contributed by atoms with Crippen LogP contribution in [0.15, 0.2) is 82.0 Å². The van der Waals surface area contributed by atoms with Crippen molar-refractivity contribution in [3.05, 3.63) is 88.6 Å². The van der Waals surface area contributed by atoms with Crippen molar-refractivity contribution in [3.8, 4) is 22.5 Å². The predicted molar refractivity (Wildman–Crippen MR) is 128 cm³/mol. The summed E-state index contributed by atoms with van der Waals surface area (Å²) in [5.41, 5.74) is 4.30. The van der Waals surface area contributed by atoms with Crippen LogP contribution in [-0.4, -0.2) is 27.2 Å². The molecule has 1 aliphatic heterocycles. The molecule has 0 N–H and O–H groups in total. The summed E-state index contributed by atoms with van der Waals surface area (Å²) < 4.78 is 11.4. The quantitative estimate of drug-likeness (QED) is 0.216. The number of anilines is 1. The number of fused-ring (bicyclic) bond motifs is 4. The van der Waals surface area contributed by atoms with Crippen LogP contribution >= 0.6 is 0 Å². The van der Waals surface area contributed by atoms with Gasteiger partial charge in [-0.05, 0) is 41.3 Å². The molecular formula is C27H21NO4. The summed E-state index contributed by atoms with van der Waals surface area (Å²) in [6, 6.07) is 22.2. The van der Waals surface area contributed by atoms with Crippen LogP contribution in [0.5, 0.6) is 0 Å². The molecule has 0 aromatic heterocycles. The van der Waals surface area contributed by atoms with Gasteiger partial charge in [0, 0.05) is 47.7 Å². The first kappa shape index (κ1) is 19.8. The van der Waals surface area contributed by atoms with Crippen LogP contribution in [0, 0.1) is 0 Å². The molecule has 1 heterocycles. The molecule has 3 aromatic rings. The molecule has 5 heteroatoms. The van der Waals surface area contributed by atoms with E-state index in [1.807, 2.05) is 61.5 Å². The van der Waals surface area contributed by atoms with Gasteiger partial charge in [-0.2, -0.15) is 0 Å². The fourth-order valence-electron chi connectivity index (χ4n) is 4.33. The Kier molecular flexibility index (Phi) is 4.67. The minimum atomic E-state index is -0.419. The Balaban J connectivity index is 2.03. The van der Waals surface area contributed by atoms with E-state index < -0.39 is 5.97 Å². The summed E-state index contributed by atoms with van der Waals surface area (Å²) in [4.78, 5) is 26.8. The fraction of sp³-hybridized carbons (Fsp3) is 0.111. The van der Waals surface area contributed by atoms with E-state index in [4.69, 9.17) is 9.15 Å². The Morgan fingerprint density at radius 2 is 1.72 bits per heavy atom. The van der Waals surface area contributed by atoms with E-state index in [1.165, 1.54) is 19.2 Å². The number of carbonyl (C=O) groups is 1. The highest BCUT2D eigenvalue weighted by atomic mass is 16.5. The number of hydrogen-bond acceptors (Lipinski definition) is 5. The Morgan fingerprint density at radius 3 is 2.50 bits per heavy atom. The second-order valence-electron chi connectivity index (χ2n) is 7.88. The Bertz CT molecular complexity index is 1530. The molecule has 0 fully saturated rings. The third-order valence-electron chi connectivity index (χ3n) is 5.76. The highest BCUT2D eigenvalue weighted by Gasteiger charge is 2.23. The largest absolute Gasteiger partial charge is 0.465 e. The summed E-state index contributed by atoms with van der Waals surface area (Å²) in [5.74, 6) is 0.0543. The number of esters is 1. The highest BCUT2D eigenvalue weighted by molar-refractivity contribution is 6.17. The average Bonchev–Trinajstić information content (AvgIpc) is 2.81. The van der Waals surface area contributed by atoms with Gasteiger partial charge in [0.25, 0.3) is 0 Å². The van der Waals surface area contributed by atoms with E-state index in [0.29, 0.717) is 16.9 Å². The monoisotopic (exact) mass is 423 g/mol. The van der Waals surface area contributed by atoms with Crippen LogP contribution in [0.3, 0.4) is 0 Å².